The molecule has 0 aromatic carbocycles. The normalized spacial score (nSPS) is 30.7. The minimum absolute atomic E-state index is 0.494. The van der Waals surface area contributed by atoms with Crippen LogP contribution < -0.4 is 5.73 Å². The van der Waals surface area contributed by atoms with Crippen molar-refractivity contribution in [1.82, 2.24) is 14.5 Å². The zero-order valence-electron chi connectivity index (χ0n) is 10.5. The summed E-state index contributed by atoms with van der Waals surface area (Å²) in [5, 5.41) is 0. The number of piperidine rings is 1. The number of nitrogens with zero attached hydrogens (tertiary/aromatic N) is 3. The minimum atomic E-state index is 0.494. The van der Waals surface area contributed by atoms with Crippen LogP contribution in [0.3, 0.4) is 0 Å². The van der Waals surface area contributed by atoms with E-state index in [0.717, 1.165) is 12.6 Å². The largest absolute Gasteiger partial charge is 0.336 e. The summed E-state index contributed by atoms with van der Waals surface area (Å²) in [7, 11) is 2.09. The Balaban J connectivity index is 1.91. The lowest BCUT2D eigenvalue weighted by molar-refractivity contribution is 0.0830. The topological polar surface area (TPSA) is 47.1 Å². The molecule has 2 N–H and O–H groups in total. The Morgan fingerprint density at radius 1 is 1.41 bits per heavy atom. The summed E-state index contributed by atoms with van der Waals surface area (Å²) in [6.07, 6.45) is 9.22. The van der Waals surface area contributed by atoms with Gasteiger partial charge in [-0.2, -0.15) is 0 Å². The quantitative estimate of drug-likeness (QED) is 0.857. The predicted octanol–water partition coefficient (Wildman–Crippen LogP) is 1.29. The fourth-order valence-electron chi connectivity index (χ4n) is 3.23. The second-order valence-electron chi connectivity index (χ2n) is 5.48. The van der Waals surface area contributed by atoms with Gasteiger partial charge < -0.3 is 10.3 Å². The van der Waals surface area contributed by atoms with Crippen LogP contribution in [0.5, 0.6) is 0 Å². The highest BCUT2D eigenvalue weighted by molar-refractivity contribution is 5.11. The predicted molar refractivity (Wildman–Crippen MR) is 67.5 cm³/mol. The van der Waals surface area contributed by atoms with Crippen molar-refractivity contribution in [1.29, 1.82) is 0 Å². The third-order valence-corrected chi connectivity index (χ3v) is 4.27. The van der Waals surface area contributed by atoms with Crippen LogP contribution in [0.1, 0.15) is 37.4 Å². The van der Waals surface area contributed by atoms with Gasteiger partial charge in [0.05, 0.1) is 18.1 Å². The van der Waals surface area contributed by atoms with Gasteiger partial charge in [0.1, 0.15) is 0 Å². The van der Waals surface area contributed by atoms with Gasteiger partial charge in [0, 0.05) is 19.3 Å². The van der Waals surface area contributed by atoms with Gasteiger partial charge >= 0.3 is 0 Å². The van der Waals surface area contributed by atoms with Crippen LogP contribution in [-0.4, -0.2) is 33.6 Å². The van der Waals surface area contributed by atoms with Crippen molar-refractivity contribution in [3.05, 3.63) is 18.2 Å². The Bertz CT molecular complexity index is 383. The first-order chi connectivity index (χ1) is 8.31. The summed E-state index contributed by atoms with van der Waals surface area (Å²) in [5.74, 6) is 0.597. The molecular formula is C13H22N4. The van der Waals surface area contributed by atoms with Crippen molar-refractivity contribution in [3.63, 3.8) is 0 Å². The molecule has 1 aliphatic heterocycles. The number of hydrogen-bond acceptors (Lipinski definition) is 3. The summed E-state index contributed by atoms with van der Waals surface area (Å²) in [6, 6.07) is 1.30. The number of aromatic nitrogens is 2. The maximum absolute atomic E-state index is 5.98. The van der Waals surface area contributed by atoms with E-state index in [4.69, 9.17) is 5.73 Å². The van der Waals surface area contributed by atoms with E-state index in [9.17, 15) is 0 Å². The Hall–Kier alpha value is -0.870. The summed E-state index contributed by atoms with van der Waals surface area (Å²) < 4.78 is 2.16. The fourth-order valence-corrected chi connectivity index (χ4v) is 3.23. The van der Waals surface area contributed by atoms with Crippen LogP contribution in [0.15, 0.2) is 12.5 Å². The van der Waals surface area contributed by atoms with Crippen molar-refractivity contribution in [2.75, 3.05) is 13.1 Å². The molecule has 17 heavy (non-hydrogen) atoms. The van der Waals surface area contributed by atoms with Gasteiger partial charge in [-0.3, -0.25) is 4.90 Å². The van der Waals surface area contributed by atoms with Crippen LogP contribution in [-0.2, 0) is 7.05 Å². The van der Waals surface area contributed by atoms with E-state index in [-0.39, 0.29) is 0 Å². The Morgan fingerprint density at radius 3 is 2.82 bits per heavy atom. The van der Waals surface area contributed by atoms with E-state index in [1.165, 1.54) is 37.9 Å². The third kappa shape index (κ3) is 2.00. The summed E-state index contributed by atoms with van der Waals surface area (Å²) in [4.78, 5) is 6.95. The van der Waals surface area contributed by atoms with Crippen LogP contribution in [0.4, 0.5) is 0 Å². The van der Waals surface area contributed by atoms with Gasteiger partial charge in [-0.1, -0.05) is 0 Å². The molecule has 0 bridgehead atoms. The van der Waals surface area contributed by atoms with Crippen molar-refractivity contribution in [3.8, 4) is 0 Å². The SMILES string of the molecule is Cn1cncc1C1C(CN)CCCN1C1CC1. The lowest BCUT2D eigenvalue weighted by Crippen LogP contribution is -2.43. The van der Waals surface area contributed by atoms with Crippen molar-refractivity contribution in [2.45, 2.75) is 37.8 Å². The molecule has 2 aliphatic rings. The molecule has 1 aromatic heterocycles. The van der Waals surface area contributed by atoms with Gasteiger partial charge in [0.2, 0.25) is 0 Å². The molecule has 2 atom stereocenters. The number of aryl methyl sites for hydroxylation is 1. The van der Waals surface area contributed by atoms with E-state index in [1.807, 2.05) is 12.5 Å². The van der Waals surface area contributed by atoms with Gasteiger partial charge in [-0.15, -0.1) is 0 Å². The molecular weight excluding hydrogens is 212 g/mol. The number of hydrogen-bond donors (Lipinski definition) is 1. The van der Waals surface area contributed by atoms with E-state index < -0.39 is 0 Å². The maximum Gasteiger partial charge on any atom is 0.0946 e. The zero-order valence-corrected chi connectivity index (χ0v) is 10.5. The highest BCUT2D eigenvalue weighted by Crippen LogP contribution is 2.42. The first-order valence-electron chi connectivity index (χ1n) is 6.73. The standard InChI is InChI=1S/C13H22N4/c1-16-9-15-8-12(16)13-10(7-14)3-2-6-17(13)11-4-5-11/h8-11,13H,2-7,14H2,1H3. The monoisotopic (exact) mass is 234 g/mol. The molecule has 0 amide bonds. The molecule has 1 aromatic rings. The lowest BCUT2D eigenvalue weighted by Gasteiger charge is -2.41. The van der Waals surface area contributed by atoms with Crippen LogP contribution in [0.25, 0.3) is 0 Å². The van der Waals surface area contributed by atoms with Crippen molar-refractivity contribution in [2.24, 2.45) is 18.7 Å². The molecule has 2 fully saturated rings. The molecule has 4 nitrogen and oxygen atoms in total. The number of likely N-dealkylation sites (tertiary alicyclic amines) is 1. The molecule has 94 valence electrons. The van der Waals surface area contributed by atoms with Gasteiger partial charge in [-0.05, 0) is 44.7 Å². The highest BCUT2D eigenvalue weighted by Gasteiger charge is 2.40. The highest BCUT2D eigenvalue weighted by atomic mass is 15.2. The molecule has 1 aliphatic carbocycles. The van der Waals surface area contributed by atoms with Crippen LogP contribution >= 0.6 is 0 Å². The van der Waals surface area contributed by atoms with Crippen LogP contribution in [0, 0.1) is 5.92 Å². The molecule has 2 heterocycles. The second kappa shape index (κ2) is 4.42. The van der Waals surface area contributed by atoms with Crippen molar-refractivity contribution < 1.29 is 0 Å². The van der Waals surface area contributed by atoms with E-state index in [0.29, 0.717) is 12.0 Å². The number of imidazole rings is 1. The minimum Gasteiger partial charge on any atom is -0.336 e. The van der Waals surface area contributed by atoms with E-state index >= 15 is 0 Å². The Labute approximate surface area is 103 Å². The Kier molecular flexibility index (Phi) is 2.92. The number of nitrogens with two attached hydrogens (primary N) is 1. The average Bonchev–Trinajstić information content (AvgIpc) is 3.11. The summed E-state index contributed by atoms with van der Waals surface area (Å²) in [6.45, 7) is 2.02. The number of rotatable bonds is 3. The molecule has 0 spiro atoms. The van der Waals surface area contributed by atoms with Crippen LogP contribution in [0.2, 0.25) is 0 Å². The average molecular weight is 234 g/mol. The summed E-state index contributed by atoms with van der Waals surface area (Å²) in [5.41, 5.74) is 7.32. The Morgan fingerprint density at radius 2 is 2.24 bits per heavy atom. The molecule has 1 saturated heterocycles. The smallest absolute Gasteiger partial charge is 0.0946 e. The first kappa shape index (κ1) is 11.2. The molecule has 2 unspecified atom stereocenters. The van der Waals surface area contributed by atoms with Gasteiger partial charge in [0.15, 0.2) is 0 Å². The van der Waals surface area contributed by atoms with Crippen molar-refractivity contribution >= 4 is 0 Å². The third-order valence-electron chi connectivity index (χ3n) is 4.27. The van der Waals surface area contributed by atoms with E-state index in [1.54, 1.807) is 0 Å². The fraction of sp³-hybridized carbons (Fsp3) is 0.769. The second-order valence-corrected chi connectivity index (χ2v) is 5.48. The summed E-state index contributed by atoms with van der Waals surface area (Å²) >= 11 is 0. The molecule has 1 saturated carbocycles. The van der Waals surface area contributed by atoms with Gasteiger partial charge in [-0.25, -0.2) is 4.98 Å². The molecule has 4 heteroatoms. The molecule has 0 radical (unpaired) electrons. The first-order valence-corrected chi connectivity index (χ1v) is 6.73. The zero-order chi connectivity index (χ0) is 11.8. The van der Waals surface area contributed by atoms with E-state index in [2.05, 4.69) is 21.5 Å². The van der Waals surface area contributed by atoms with Gasteiger partial charge in [0.25, 0.3) is 0 Å². The maximum atomic E-state index is 5.98. The lowest BCUT2D eigenvalue weighted by atomic mass is 9.87. The molecule has 3 rings (SSSR count).